The number of hydrogen-bond acceptors (Lipinski definition) is 2. The Balaban J connectivity index is 1.71. The van der Waals surface area contributed by atoms with Gasteiger partial charge in [0.25, 0.3) is 0 Å². The van der Waals surface area contributed by atoms with Gasteiger partial charge in [-0.2, -0.15) is 11.8 Å². The Morgan fingerprint density at radius 1 is 1.36 bits per heavy atom. The molecule has 82 valence electrons. The van der Waals surface area contributed by atoms with Crippen molar-refractivity contribution in [1.82, 2.24) is 5.32 Å². The Bertz CT molecular complexity index is 183. The molecule has 2 fully saturated rings. The van der Waals surface area contributed by atoms with E-state index in [0.29, 0.717) is 4.75 Å². The maximum Gasteiger partial charge on any atom is 0.0281 e. The standard InChI is InChI=1S/C12H23NS/c1-10-4-5-11(8-10)13-9-12(14-2)6-3-7-12/h10-11,13H,3-9H2,1-2H3. The molecule has 0 amide bonds. The van der Waals surface area contributed by atoms with Crippen LogP contribution in [0.1, 0.15) is 45.4 Å². The third kappa shape index (κ3) is 2.27. The minimum absolute atomic E-state index is 0.617. The van der Waals surface area contributed by atoms with Crippen LogP contribution in [0.4, 0.5) is 0 Å². The van der Waals surface area contributed by atoms with Crippen molar-refractivity contribution >= 4 is 11.8 Å². The van der Waals surface area contributed by atoms with Gasteiger partial charge in [0.05, 0.1) is 0 Å². The molecule has 0 aromatic carbocycles. The van der Waals surface area contributed by atoms with Crippen LogP contribution < -0.4 is 5.32 Å². The summed E-state index contributed by atoms with van der Waals surface area (Å²) in [5, 5.41) is 3.78. The van der Waals surface area contributed by atoms with Crippen LogP contribution >= 0.6 is 11.8 Å². The molecule has 0 bridgehead atoms. The van der Waals surface area contributed by atoms with Gasteiger partial charge in [-0.1, -0.05) is 13.3 Å². The highest BCUT2D eigenvalue weighted by molar-refractivity contribution is 8.00. The quantitative estimate of drug-likeness (QED) is 0.770. The molecule has 0 heterocycles. The van der Waals surface area contributed by atoms with E-state index in [1.54, 1.807) is 0 Å². The van der Waals surface area contributed by atoms with Crippen molar-refractivity contribution in [2.45, 2.75) is 56.2 Å². The van der Waals surface area contributed by atoms with Crippen LogP contribution in [-0.4, -0.2) is 23.6 Å². The molecule has 1 nitrogen and oxygen atoms in total. The molecular formula is C12H23NS. The summed E-state index contributed by atoms with van der Waals surface area (Å²) in [5.41, 5.74) is 0. The predicted molar refractivity (Wildman–Crippen MR) is 64.9 cm³/mol. The first-order valence-corrected chi connectivity index (χ1v) is 7.25. The first-order valence-electron chi connectivity index (χ1n) is 6.03. The summed E-state index contributed by atoms with van der Waals surface area (Å²) in [4.78, 5) is 0. The summed E-state index contributed by atoms with van der Waals surface area (Å²) < 4.78 is 0.617. The van der Waals surface area contributed by atoms with E-state index in [1.807, 2.05) is 0 Å². The van der Waals surface area contributed by atoms with Crippen molar-refractivity contribution in [1.29, 1.82) is 0 Å². The highest BCUT2D eigenvalue weighted by Gasteiger charge is 2.36. The molecule has 2 aliphatic carbocycles. The van der Waals surface area contributed by atoms with Crippen LogP contribution in [0.2, 0.25) is 0 Å². The molecule has 0 aliphatic heterocycles. The summed E-state index contributed by atoms with van der Waals surface area (Å²) in [5.74, 6) is 0.958. The molecule has 2 rings (SSSR count). The average molecular weight is 213 g/mol. The zero-order valence-electron chi connectivity index (χ0n) is 9.51. The summed E-state index contributed by atoms with van der Waals surface area (Å²) in [6.07, 6.45) is 10.8. The average Bonchev–Trinajstić information content (AvgIpc) is 2.50. The molecule has 0 spiro atoms. The van der Waals surface area contributed by atoms with Gasteiger partial charge < -0.3 is 5.32 Å². The van der Waals surface area contributed by atoms with Gasteiger partial charge in [-0.05, 0) is 44.3 Å². The molecular weight excluding hydrogens is 190 g/mol. The molecule has 2 atom stereocenters. The van der Waals surface area contributed by atoms with Gasteiger partial charge in [-0.25, -0.2) is 0 Å². The molecule has 0 radical (unpaired) electrons. The highest BCUT2D eigenvalue weighted by atomic mass is 32.2. The van der Waals surface area contributed by atoms with Crippen molar-refractivity contribution in [3.05, 3.63) is 0 Å². The second-order valence-corrected chi connectivity index (χ2v) is 6.51. The van der Waals surface area contributed by atoms with Crippen LogP contribution in [0.3, 0.4) is 0 Å². The summed E-state index contributed by atoms with van der Waals surface area (Å²) >= 11 is 2.08. The van der Waals surface area contributed by atoms with Gasteiger partial charge in [0, 0.05) is 17.3 Å². The summed E-state index contributed by atoms with van der Waals surface area (Å²) in [6, 6.07) is 0.828. The lowest BCUT2D eigenvalue weighted by Crippen LogP contribution is -2.46. The monoisotopic (exact) mass is 213 g/mol. The maximum atomic E-state index is 3.78. The minimum atomic E-state index is 0.617. The second kappa shape index (κ2) is 4.44. The molecule has 0 aromatic heterocycles. The lowest BCUT2D eigenvalue weighted by molar-refractivity contribution is 0.328. The van der Waals surface area contributed by atoms with Gasteiger partial charge in [0.1, 0.15) is 0 Å². The predicted octanol–water partition coefficient (Wildman–Crippen LogP) is 3.05. The fourth-order valence-corrected chi connectivity index (χ4v) is 3.67. The molecule has 1 N–H and O–H groups in total. The van der Waals surface area contributed by atoms with Crippen LogP contribution in [0, 0.1) is 5.92 Å². The van der Waals surface area contributed by atoms with Crippen molar-refractivity contribution in [3.8, 4) is 0 Å². The first kappa shape index (κ1) is 10.8. The van der Waals surface area contributed by atoms with Crippen LogP contribution in [-0.2, 0) is 0 Å². The molecule has 2 aliphatic rings. The Morgan fingerprint density at radius 3 is 2.57 bits per heavy atom. The van der Waals surface area contributed by atoms with Gasteiger partial charge >= 0.3 is 0 Å². The maximum absolute atomic E-state index is 3.78. The van der Waals surface area contributed by atoms with Crippen LogP contribution in [0.15, 0.2) is 0 Å². The molecule has 14 heavy (non-hydrogen) atoms. The number of thioether (sulfide) groups is 1. The smallest absolute Gasteiger partial charge is 0.0281 e. The van der Waals surface area contributed by atoms with Gasteiger partial charge in [-0.3, -0.25) is 0 Å². The van der Waals surface area contributed by atoms with Crippen molar-refractivity contribution in [3.63, 3.8) is 0 Å². The normalized spacial score (nSPS) is 35.6. The Hall–Kier alpha value is 0.310. The highest BCUT2D eigenvalue weighted by Crippen LogP contribution is 2.42. The largest absolute Gasteiger partial charge is 0.313 e. The molecule has 2 unspecified atom stereocenters. The lowest BCUT2D eigenvalue weighted by Gasteiger charge is -2.41. The van der Waals surface area contributed by atoms with E-state index in [-0.39, 0.29) is 0 Å². The molecule has 0 saturated heterocycles. The number of rotatable bonds is 4. The van der Waals surface area contributed by atoms with E-state index in [2.05, 4.69) is 30.3 Å². The van der Waals surface area contributed by atoms with E-state index < -0.39 is 0 Å². The fraction of sp³-hybridized carbons (Fsp3) is 1.00. The Morgan fingerprint density at radius 2 is 2.14 bits per heavy atom. The molecule has 2 heteroatoms. The summed E-state index contributed by atoms with van der Waals surface area (Å²) in [6.45, 7) is 3.64. The van der Waals surface area contributed by atoms with Crippen molar-refractivity contribution in [2.24, 2.45) is 5.92 Å². The second-order valence-electron chi connectivity index (χ2n) is 5.24. The first-order chi connectivity index (χ1) is 6.74. The number of hydrogen-bond donors (Lipinski definition) is 1. The van der Waals surface area contributed by atoms with Crippen LogP contribution in [0.5, 0.6) is 0 Å². The third-order valence-electron chi connectivity index (χ3n) is 4.11. The fourth-order valence-electron chi connectivity index (χ4n) is 2.75. The van der Waals surface area contributed by atoms with E-state index in [0.717, 1.165) is 12.0 Å². The molecule has 2 saturated carbocycles. The van der Waals surface area contributed by atoms with E-state index in [4.69, 9.17) is 0 Å². The van der Waals surface area contributed by atoms with Crippen molar-refractivity contribution < 1.29 is 0 Å². The van der Waals surface area contributed by atoms with Gasteiger partial charge in [0.15, 0.2) is 0 Å². The Kier molecular flexibility index (Phi) is 3.43. The Labute approximate surface area is 92.4 Å². The molecule has 0 aromatic rings. The topological polar surface area (TPSA) is 12.0 Å². The SMILES string of the molecule is CSC1(CNC2CCC(C)C2)CCC1. The zero-order chi connectivity index (χ0) is 10.0. The van der Waals surface area contributed by atoms with E-state index in [9.17, 15) is 0 Å². The lowest BCUT2D eigenvalue weighted by atomic mass is 9.84. The third-order valence-corrected chi connectivity index (χ3v) is 5.52. The summed E-state index contributed by atoms with van der Waals surface area (Å²) in [7, 11) is 0. The number of nitrogens with one attached hydrogen (secondary N) is 1. The van der Waals surface area contributed by atoms with E-state index >= 15 is 0 Å². The van der Waals surface area contributed by atoms with Crippen molar-refractivity contribution in [2.75, 3.05) is 12.8 Å². The minimum Gasteiger partial charge on any atom is -0.313 e. The van der Waals surface area contributed by atoms with Gasteiger partial charge in [0.2, 0.25) is 0 Å². The van der Waals surface area contributed by atoms with Crippen LogP contribution in [0.25, 0.3) is 0 Å². The van der Waals surface area contributed by atoms with E-state index in [1.165, 1.54) is 45.1 Å². The van der Waals surface area contributed by atoms with Gasteiger partial charge in [-0.15, -0.1) is 0 Å². The zero-order valence-corrected chi connectivity index (χ0v) is 10.3.